The normalized spacial score (nSPS) is 17.8. The minimum atomic E-state index is -0.0906. The van der Waals surface area contributed by atoms with Crippen LogP contribution >= 0.6 is 0 Å². The Morgan fingerprint density at radius 1 is 1.40 bits per heavy atom. The van der Waals surface area contributed by atoms with Gasteiger partial charge in [0.2, 0.25) is 0 Å². The van der Waals surface area contributed by atoms with Crippen LogP contribution in [0, 0.1) is 0 Å². The third-order valence-electron chi connectivity index (χ3n) is 4.23. The van der Waals surface area contributed by atoms with E-state index in [1.165, 1.54) is 0 Å². The average molecular weight is 348 g/mol. The van der Waals surface area contributed by atoms with Crippen LogP contribution in [0.25, 0.3) is 0 Å². The summed E-state index contributed by atoms with van der Waals surface area (Å²) < 4.78 is 16.0. The minimum absolute atomic E-state index is 0.0906. The van der Waals surface area contributed by atoms with Gasteiger partial charge >= 0.3 is 0 Å². The standard InChI is InChI=1S/C19H28N2O4/c1-4-11-25-17-8-7-15(13-18(17)24-3)19(22)20-16-6-5-9-21(14-16)10-12-23-2/h4,7-8,13,16H,1,5-6,9-12,14H2,2-3H3,(H,20,22)/t16-/m0/s1. The summed E-state index contributed by atoms with van der Waals surface area (Å²) in [5.74, 6) is 1.05. The summed E-state index contributed by atoms with van der Waals surface area (Å²) in [7, 11) is 3.27. The van der Waals surface area contributed by atoms with Crippen molar-refractivity contribution in [2.45, 2.75) is 18.9 Å². The Morgan fingerprint density at radius 3 is 2.96 bits per heavy atom. The molecule has 25 heavy (non-hydrogen) atoms. The second-order valence-corrected chi connectivity index (χ2v) is 6.07. The van der Waals surface area contributed by atoms with Crippen molar-refractivity contribution in [2.24, 2.45) is 0 Å². The number of carbonyl (C=O) groups excluding carboxylic acids is 1. The largest absolute Gasteiger partial charge is 0.493 e. The zero-order valence-electron chi connectivity index (χ0n) is 15.1. The first-order valence-electron chi connectivity index (χ1n) is 8.61. The molecule has 1 N–H and O–H groups in total. The SMILES string of the molecule is C=CCOc1ccc(C(=O)N[C@H]2CCCN(CCOC)C2)cc1OC. The molecule has 6 nitrogen and oxygen atoms in total. The second kappa shape index (κ2) is 10.1. The first-order chi connectivity index (χ1) is 12.2. The molecule has 1 aromatic carbocycles. The maximum absolute atomic E-state index is 12.6. The molecule has 1 fully saturated rings. The van der Waals surface area contributed by atoms with Gasteiger partial charge in [0, 0.05) is 31.8 Å². The van der Waals surface area contributed by atoms with Gasteiger partial charge in [0.15, 0.2) is 11.5 Å². The molecular formula is C19H28N2O4. The van der Waals surface area contributed by atoms with Crippen molar-refractivity contribution in [3.8, 4) is 11.5 Å². The average Bonchev–Trinajstić information content (AvgIpc) is 2.64. The van der Waals surface area contributed by atoms with E-state index in [1.54, 1.807) is 38.5 Å². The molecule has 1 aromatic rings. The molecule has 0 saturated carbocycles. The Bertz CT molecular complexity index is 577. The maximum atomic E-state index is 12.6. The van der Waals surface area contributed by atoms with Gasteiger partial charge in [-0.25, -0.2) is 0 Å². The van der Waals surface area contributed by atoms with Crippen LogP contribution in [0.1, 0.15) is 23.2 Å². The molecule has 1 amide bonds. The molecule has 0 spiro atoms. The van der Waals surface area contributed by atoms with E-state index < -0.39 is 0 Å². The smallest absolute Gasteiger partial charge is 0.251 e. The number of amides is 1. The number of carbonyl (C=O) groups is 1. The second-order valence-electron chi connectivity index (χ2n) is 6.07. The maximum Gasteiger partial charge on any atom is 0.251 e. The van der Waals surface area contributed by atoms with Crippen LogP contribution < -0.4 is 14.8 Å². The molecule has 1 aliphatic rings. The summed E-state index contributed by atoms with van der Waals surface area (Å²) in [5, 5.41) is 3.12. The van der Waals surface area contributed by atoms with Crippen molar-refractivity contribution < 1.29 is 19.0 Å². The lowest BCUT2D eigenvalue weighted by Gasteiger charge is -2.32. The van der Waals surface area contributed by atoms with Gasteiger partial charge in [0.1, 0.15) is 6.61 Å². The quantitative estimate of drug-likeness (QED) is 0.693. The molecule has 6 heteroatoms. The zero-order chi connectivity index (χ0) is 18.1. The van der Waals surface area contributed by atoms with Crippen molar-refractivity contribution in [3.63, 3.8) is 0 Å². The van der Waals surface area contributed by atoms with Gasteiger partial charge in [-0.15, -0.1) is 0 Å². The number of methoxy groups -OCH3 is 2. The van der Waals surface area contributed by atoms with Gasteiger partial charge in [-0.3, -0.25) is 9.69 Å². The molecular weight excluding hydrogens is 320 g/mol. The number of hydrogen-bond donors (Lipinski definition) is 1. The molecule has 1 aliphatic heterocycles. The summed E-state index contributed by atoms with van der Waals surface area (Å²) in [6.07, 6.45) is 3.73. The van der Waals surface area contributed by atoms with Crippen molar-refractivity contribution in [1.29, 1.82) is 0 Å². The van der Waals surface area contributed by atoms with E-state index in [1.807, 2.05) is 0 Å². The molecule has 1 saturated heterocycles. The molecule has 0 unspecified atom stereocenters. The Morgan fingerprint density at radius 2 is 2.24 bits per heavy atom. The predicted molar refractivity (Wildman–Crippen MR) is 97.5 cm³/mol. The van der Waals surface area contributed by atoms with Crippen molar-refractivity contribution in [2.75, 3.05) is 47.1 Å². The number of likely N-dealkylation sites (tertiary alicyclic amines) is 1. The zero-order valence-corrected chi connectivity index (χ0v) is 15.1. The fourth-order valence-corrected chi connectivity index (χ4v) is 2.94. The molecule has 138 valence electrons. The Labute approximate surface area is 149 Å². The summed E-state index contributed by atoms with van der Waals surface area (Å²) in [4.78, 5) is 14.9. The predicted octanol–water partition coefficient (Wildman–Crippen LogP) is 2.10. The van der Waals surface area contributed by atoms with Gasteiger partial charge in [0.25, 0.3) is 5.91 Å². The van der Waals surface area contributed by atoms with Gasteiger partial charge in [-0.1, -0.05) is 12.7 Å². The molecule has 0 aromatic heterocycles. The fraction of sp³-hybridized carbons (Fsp3) is 0.526. The van der Waals surface area contributed by atoms with Crippen LogP contribution in [0.15, 0.2) is 30.9 Å². The number of nitrogens with one attached hydrogen (secondary N) is 1. The number of hydrogen-bond acceptors (Lipinski definition) is 5. The molecule has 0 bridgehead atoms. The molecule has 0 aliphatic carbocycles. The molecule has 1 heterocycles. The van der Waals surface area contributed by atoms with E-state index >= 15 is 0 Å². The number of benzene rings is 1. The fourth-order valence-electron chi connectivity index (χ4n) is 2.94. The van der Waals surface area contributed by atoms with Crippen LogP contribution in [0.5, 0.6) is 11.5 Å². The number of ether oxygens (including phenoxy) is 3. The van der Waals surface area contributed by atoms with E-state index in [-0.39, 0.29) is 11.9 Å². The summed E-state index contributed by atoms with van der Waals surface area (Å²) in [6, 6.07) is 5.37. The molecule has 1 atom stereocenters. The summed E-state index contributed by atoms with van der Waals surface area (Å²) in [5.41, 5.74) is 0.566. The van der Waals surface area contributed by atoms with Crippen LogP contribution in [0.4, 0.5) is 0 Å². The number of nitrogens with zero attached hydrogens (tertiary/aromatic N) is 1. The van der Waals surface area contributed by atoms with Gasteiger partial charge < -0.3 is 19.5 Å². The van der Waals surface area contributed by atoms with E-state index in [0.717, 1.165) is 32.5 Å². The lowest BCUT2D eigenvalue weighted by molar-refractivity contribution is 0.0878. The van der Waals surface area contributed by atoms with Crippen LogP contribution in [-0.2, 0) is 4.74 Å². The Kier molecular flexibility index (Phi) is 7.76. The van der Waals surface area contributed by atoms with Crippen molar-refractivity contribution in [3.05, 3.63) is 36.4 Å². The van der Waals surface area contributed by atoms with Crippen LogP contribution in [0.2, 0.25) is 0 Å². The first-order valence-corrected chi connectivity index (χ1v) is 8.61. The summed E-state index contributed by atoms with van der Waals surface area (Å²) in [6.45, 7) is 7.53. The highest BCUT2D eigenvalue weighted by molar-refractivity contribution is 5.95. The number of rotatable bonds is 9. The third kappa shape index (κ3) is 5.76. The van der Waals surface area contributed by atoms with E-state index in [2.05, 4.69) is 16.8 Å². The first kappa shape index (κ1) is 19.3. The monoisotopic (exact) mass is 348 g/mol. The third-order valence-corrected chi connectivity index (χ3v) is 4.23. The van der Waals surface area contributed by atoms with Crippen molar-refractivity contribution in [1.82, 2.24) is 10.2 Å². The lowest BCUT2D eigenvalue weighted by atomic mass is 10.0. The lowest BCUT2D eigenvalue weighted by Crippen LogP contribution is -2.48. The van der Waals surface area contributed by atoms with Crippen molar-refractivity contribution >= 4 is 5.91 Å². The molecule has 0 radical (unpaired) electrons. The van der Waals surface area contributed by atoms with Gasteiger partial charge in [-0.05, 0) is 37.6 Å². The Balaban J connectivity index is 1.96. The van der Waals surface area contributed by atoms with Gasteiger partial charge in [-0.2, -0.15) is 0 Å². The minimum Gasteiger partial charge on any atom is -0.493 e. The van der Waals surface area contributed by atoms with E-state index in [4.69, 9.17) is 14.2 Å². The van der Waals surface area contributed by atoms with Crippen LogP contribution in [-0.4, -0.2) is 63.9 Å². The summed E-state index contributed by atoms with van der Waals surface area (Å²) >= 11 is 0. The molecule has 2 rings (SSSR count). The topological polar surface area (TPSA) is 60.0 Å². The Hall–Kier alpha value is -2.05. The highest BCUT2D eigenvalue weighted by atomic mass is 16.5. The highest BCUT2D eigenvalue weighted by Crippen LogP contribution is 2.28. The van der Waals surface area contributed by atoms with Gasteiger partial charge in [0.05, 0.1) is 13.7 Å². The highest BCUT2D eigenvalue weighted by Gasteiger charge is 2.22. The van der Waals surface area contributed by atoms with E-state index in [0.29, 0.717) is 30.3 Å². The van der Waals surface area contributed by atoms with E-state index in [9.17, 15) is 4.79 Å². The van der Waals surface area contributed by atoms with Crippen LogP contribution in [0.3, 0.4) is 0 Å². The number of piperidine rings is 1.